The molecule has 0 amide bonds. The van der Waals surface area contributed by atoms with E-state index in [0.717, 1.165) is 31.5 Å². The van der Waals surface area contributed by atoms with E-state index in [0.29, 0.717) is 18.2 Å². The molecule has 20 heavy (non-hydrogen) atoms. The molecule has 1 aliphatic rings. The van der Waals surface area contributed by atoms with E-state index in [2.05, 4.69) is 21.8 Å². The van der Waals surface area contributed by atoms with Gasteiger partial charge in [-0.05, 0) is 31.2 Å². The number of aryl methyl sites for hydroxylation is 2. The molecule has 1 fully saturated rings. The summed E-state index contributed by atoms with van der Waals surface area (Å²) in [5, 5.41) is 10.3. The fourth-order valence-electron chi connectivity index (χ4n) is 2.26. The average molecular weight is 291 g/mol. The highest BCUT2D eigenvalue weighted by molar-refractivity contribution is 7.09. The molecule has 0 aliphatic heterocycles. The van der Waals surface area contributed by atoms with Gasteiger partial charge in [0.2, 0.25) is 0 Å². The van der Waals surface area contributed by atoms with Gasteiger partial charge in [0.05, 0.1) is 12.3 Å². The first-order valence-electron chi connectivity index (χ1n) is 6.92. The summed E-state index contributed by atoms with van der Waals surface area (Å²) in [7, 11) is 0. The molecule has 0 N–H and O–H groups in total. The predicted octanol–water partition coefficient (Wildman–Crippen LogP) is 2.64. The zero-order valence-corrected chi connectivity index (χ0v) is 12.2. The normalized spacial score (nSPS) is 14.4. The number of carbonyl (C=O) groups is 1. The molecule has 0 saturated heterocycles. The molecule has 1 aliphatic carbocycles. The van der Waals surface area contributed by atoms with Gasteiger partial charge in [-0.15, -0.1) is 16.4 Å². The number of esters is 1. The maximum atomic E-state index is 11.9. The first kappa shape index (κ1) is 13.3. The van der Waals surface area contributed by atoms with E-state index < -0.39 is 0 Å². The Bertz CT molecular complexity index is 588. The van der Waals surface area contributed by atoms with Gasteiger partial charge in [0.1, 0.15) is 0 Å². The highest BCUT2D eigenvalue weighted by atomic mass is 32.1. The molecule has 2 aromatic heterocycles. The summed E-state index contributed by atoms with van der Waals surface area (Å²) in [6.07, 6.45) is 3.14. The highest BCUT2D eigenvalue weighted by Gasteiger charge is 2.34. The molecule has 5 nitrogen and oxygen atoms in total. The molecule has 0 unspecified atom stereocenters. The molecule has 1 saturated carbocycles. The minimum atomic E-state index is -0.350. The molecule has 0 bridgehead atoms. The summed E-state index contributed by atoms with van der Waals surface area (Å²) >= 11 is 1.74. The molecule has 6 heteroatoms. The van der Waals surface area contributed by atoms with Crippen molar-refractivity contribution < 1.29 is 9.53 Å². The minimum Gasteiger partial charge on any atom is -0.461 e. The Morgan fingerprint density at radius 1 is 1.55 bits per heavy atom. The van der Waals surface area contributed by atoms with Gasteiger partial charge in [-0.1, -0.05) is 11.3 Å². The first-order valence-corrected chi connectivity index (χ1v) is 7.80. The van der Waals surface area contributed by atoms with Gasteiger partial charge in [0, 0.05) is 23.8 Å². The lowest BCUT2D eigenvalue weighted by Crippen LogP contribution is -2.11. The van der Waals surface area contributed by atoms with Crippen LogP contribution in [-0.2, 0) is 17.7 Å². The zero-order valence-electron chi connectivity index (χ0n) is 11.4. The summed E-state index contributed by atoms with van der Waals surface area (Å²) in [5.41, 5.74) is 1.36. The Labute approximate surface area is 121 Å². The van der Waals surface area contributed by atoms with Crippen molar-refractivity contribution in [3.8, 4) is 0 Å². The standard InChI is InChI=1S/C14H17N3O2S/c1-2-19-14(18)12-13(10-5-6-10)17(16-15-12)8-7-11-4-3-9-20-11/h3-4,9-10H,2,5-8H2,1H3. The van der Waals surface area contributed by atoms with Crippen molar-refractivity contribution in [2.24, 2.45) is 0 Å². The molecule has 0 aromatic carbocycles. The summed E-state index contributed by atoms with van der Waals surface area (Å²) in [6, 6.07) is 4.16. The second-order valence-corrected chi connectivity index (χ2v) is 5.90. The number of thiophene rings is 1. The highest BCUT2D eigenvalue weighted by Crippen LogP contribution is 2.41. The summed E-state index contributed by atoms with van der Waals surface area (Å²) < 4.78 is 6.94. The first-order chi connectivity index (χ1) is 9.79. The molecular formula is C14H17N3O2S. The van der Waals surface area contributed by atoms with Crippen molar-refractivity contribution in [2.45, 2.75) is 38.6 Å². The topological polar surface area (TPSA) is 57.0 Å². The van der Waals surface area contributed by atoms with Crippen LogP contribution in [0.15, 0.2) is 17.5 Å². The van der Waals surface area contributed by atoms with Crippen LogP contribution in [0.3, 0.4) is 0 Å². The fraction of sp³-hybridized carbons (Fsp3) is 0.500. The number of aromatic nitrogens is 3. The van der Waals surface area contributed by atoms with Gasteiger partial charge in [0.15, 0.2) is 5.69 Å². The third kappa shape index (κ3) is 2.75. The van der Waals surface area contributed by atoms with Gasteiger partial charge in [-0.3, -0.25) is 0 Å². The third-order valence-corrected chi connectivity index (χ3v) is 4.29. The smallest absolute Gasteiger partial charge is 0.360 e. The molecule has 106 valence electrons. The van der Waals surface area contributed by atoms with Gasteiger partial charge < -0.3 is 4.74 Å². The van der Waals surface area contributed by atoms with Crippen LogP contribution in [0, 0.1) is 0 Å². The van der Waals surface area contributed by atoms with Gasteiger partial charge in [-0.25, -0.2) is 9.48 Å². The Morgan fingerprint density at radius 3 is 3.05 bits per heavy atom. The minimum absolute atomic E-state index is 0.350. The number of ether oxygens (including phenoxy) is 1. The van der Waals surface area contributed by atoms with Crippen molar-refractivity contribution >= 4 is 17.3 Å². The molecule has 0 radical (unpaired) electrons. The summed E-state index contributed by atoms with van der Waals surface area (Å²) in [5.74, 6) is 0.0736. The summed E-state index contributed by atoms with van der Waals surface area (Å²) in [4.78, 5) is 13.2. The van der Waals surface area contributed by atoms with Crippen LogP contribution < -0.4 is 0 Å². The lowest BCUT2D eigenvalue weighted by Gasteiger charge is -2.06. The van der Waals surface area contributed by atoms with Crippen LogP contribution in [0.1, 0.15) is 46.7 Å². The van der Waals surface area contributed by atoms with Crippen molar-refractivity contribution in [1.82, 2.24) is 15.0 Å². The lowest BCUT2D eigenvalue weighted by atomic mass is 10.2. The maximum absolute atomic E-state index is 11.9. The fourth-order valence-corrected chi connectivity index (χ4v) is 2.96. The molecule has 0 atom stereocenters. The molecular weight excluding hydrogens is 274 g/mol. The van der Waals surface area contributed by atoms with E-state index in [-0.39, 0.29) is 5.97 Å². The van der Waals surface area contributed by atoms with E-state index >= 15 is 0 Å². The monoisotopic (exact) mass is 291 g/mol. The Balaban J connectivity index is 1.78. The van der Waals surface area contributed by atoms with E-state index in [1.54, 1.807) is 18.3 Å². The molecule has 2 heterocycles. The predicted molar refractivity (Wildman–Crippen MR) is 76.0 cm³/mol. The number of carbonyl (C=O) groups excluding carboxylic acids is 1. The summed E-state index contributed by atoms with van der Waals surface area (Å²) in [6.45, 7) is 2.93. The van der Waals surface area contributed by atoms with E-state index in [1.807, 2.05) is 10.7 Å². The van der Waals surface area contributed by atoms with E-state index in [4.69, 9.17) is 4.74 Å². The van der Waals surface area contributed by atoms with Gasteiger partial charge in [-0.2, -0.15) is 0 Å². The van der Waals surface area contributed by atoms with Gasteiger partial charge >= 0.3 is 5.97 Å². The Hall–Kier alpha value is -1.69. The zero-order chi connectivity index (χ0) is 13.9. The SMILES string of the molecule is CCOC(=O)c1nnn(CCc2cccs2)c1C1CC1. The van der Waals surface area contributed by atoms with Crippen molar-refractivity contribution in [2.75, 3.05) is 6.61 Å². The Kier molecular flexibility index (Phi) is 3.82. The van der Waals surface area contributed by atoms with Crippen LogP contribution in [0.5, 0.6) is 0 Å². The average Bonchev–Trinajstić information content (AvgIpc) is 3.00. The van der Waals surface area contributed by atoms with Crippen LogP contribution >= 0.6 is 11.3 Å². The van der Waals surface area contributed by atoms with Crippen molar-refractivity contribution in [3.05, 3.63) is 33.8 Å². The van der Waals surface area contributed by atoms with Crippen LogP contribution in [0.4, 0.5) is 0 Å². The van der Waals surface area contributed by atoms with Gasteiger partial charge in [0.25, 0.3) is 0 Å². The number of rotatable bonds is 6. The van der Waals surface area contributed by atoms with Crippen LogP contribution in [-0.4, -0.2) is 27.6 Å². The van der Waals surface area contributed by atoms with E-state index in [9.17, 15) is 4.79 Å². The van der Waals surface area contributed by atoms with Crippen molar-refractivity contribution in [3.63, 3.8) is 0 Å². The van der Waals surface area contributed by atoms with Crippen LogP contribution in [0.2, 0.25) is 0 Å². The molecule has 0 spiro atoms. The largest absolute Gasteiger partial charge is 0.461 e. The third-order valence-electron chi connectivity index (χ3n) is 3.36. The van der Waals surface area contributed by atoms with E-state index in [1.165, 1.54) is 4.88 Å². The number of nitrogens with zero attached hydrogens (tertiary/aromatic N) is 3. The second-order valence-electron chi connectivity index (χ2n) is 4.87. The lowest BCUT2D eigenvalue weighted by molar-refractivity contribution is 0.0518. The molecule has 3 rings (SSSR count). The molecule has 2 aromatic rings. The number of hydrogen-bond donors (Lipinski definition) is 0. The van der Waals surface area contributed by atoms with Crippen molar-refractivity contribution in [1.29, 1.82) is 0 Å². The quantitative estimate of drug-likeness (QED) is 0.768. The maximum Gasteiger partial charge on any atom is 0.360 e. The Morgan fingerprint density at radius 2 is 2.40 bits per heavy atom. The number of hydrogen-bond acceptors (Lipinski definition) is 5. The second kappa shape index (κ2) is 5.75. The van der Waals surface area contributed by atoms with Crippen LogP contribution in [0.25, 0.3) is 0 Å².